The molecule has 0 radical (unpaired) electrons. The summed E-state index contributed by atoms with van der Waals surface area (Å²) in [6.07, 6.45) is 0. The number of benzene rings is 2. The fourth-order valence-electron chi connectivity index (χ4n) is 1.78. The van der Waals surface area contributed by atoms with Gasteiger partial charge in [-0.05, 0) is 36.4 Å². The molecule has 0 aliphatic rings. The number of nitriles is 2. The van der Waals surface area contributed by atoms with E-state index in [0.717, 1.165) is 0 Å². The van der Waals surface area contributed by atoms with E-state index in [4.69, 9.17) is 10.5 Å². The van der Waals surface area contributed by atoms with E-state index in [9.17, 15) is 4.79 Å². The van der Waals surface area contributed by atoms with Gasteiger partial charge in [-0.1, -0.05) is 12.1 Å². The average Bonchev–Trinajstić information content (AvgIpc) is 2.54. The third-order valence-electron chi connectivity index (χ3n) is 2.91. The fourth-order valence-corrected chi connectivity index (χ4v) is 1.78. The van der Waals surface area contributed by atoms with Crippen LogP contribution in [0, 0.1) is 22.7 Å². The van der Waals surface area contributed by atoms with Crippen molar-refractivity contribution in [1.29, 1.82) is 10.5 Å². The third-order valence-corrected chi connectivity index (χ3v) is 2.91. The van der Waals surface area contributed by atoms with Gasteiger partial charge >= 0.3 is 6.03 Å². The molecule has 0 aromatic heterocycles. The highest BCUT2D eigenvalue weighted by atomic mass is 16.2. The highest BCUT2D eigenvalue weighted by molar-refractivity contribution is 6.01. The molecule has 102 valence electrons. The lowest BCUT2D eigenvalue weighted by Gasteiger charge is -2.18. The number of anilines is 2. The average molecular weight is 276 g/mol. The van der Waals surface area contributed by atoms with Gasteiger partial charge in [0.05, 0.1) is 23.3 Å². The van der Waals surface area contributed by atoms with Crippen LogP contribution < -0.4 is 10.2 Å². The minimum absolute atomic E-state index is 0.347. The van der Waals surface area contributed by atoms with E-state index in [1.807, 2.05) is 12.1 Å². The molecular weight excluding hydrogens is 264 g/mol. The van der Waals surface area contributed by atoms with Crippen LogP contribution in [-0.4, -0.2) is 13.1 Å². The van der Waals surface area contributed by atoms with Crippen LogP contribution in [0.5, 0.6) is 0 Å². The van der Waals surface area contributed by atoms with Crippen molar-refractivity contribution >= 4 is 17.4 Å². The SMILES string of the molecule is CN(C(=O)Nc1cccc(C#N)c1)c1cccc(C#N)c1. The molecule has 1 N–H and O–H groups in total. The molecule has 2 aromatic carbocycles. The first-order valence-electron chi connectivity index (χ1n) is 6.19. The summed E-state index contributed by atoms with van der Waals surface area (Å²) < 4.78 is 0. The maximum atomic E-state index is 12.2. The van der Waals surface area contributed by atoms with E-state index < -0.39 is 0 Å². The molecule has 5 nitrogen and oxygen atoms in total. The monoisotopic (exact) mass is 276 g/mol. The summed E-state index contributed by atoms with van der Waals surface area (Å²) in [4.78, 5) is 13.6. The number of amides is 2. The van der Waals surface area contributed by atoms with E-state index in [1.165, 1.54) is 4.90 Å². The summed E-state index contributed by atoms with van der Waals surface area (Å²) in [6, 6.07) is 17.1. The lowest BCUT2D eigenvalue weighted by molar-refractivity contribution is 0.258. The van der Waals surface area contributed by atoms with Crippen molar-refractivity contribution in [3.05, 3.63) is 59.7 Å². The Kier molecular flexibility index (Phi) is 4.18. The number of carbonyl (C=O) groups excluding carboxylic acids is 1. The van der Waals surface area contributed by atoms with Gasteiger partial charge in [-0.2, -0.15) is 10.5 Å². The van der Waals surface area contributed by atoms with Crippen LogP contribution in [0.3, 0.4) is 0 Å². The Hall–Kier alpha value is -3.31. The number of carbonyl (C=O) groups is 1. The molecule has 0 spiro atoms. The van der Waals surface area contributed by atoms with Gasteiger partial charge in [-0.3, -0.25) is 4.90 Å². The molecule has 0 saturated carbocycles. The van der Waals surface area contributed by atoms with Crippen LogP contribution in [-0.2, 0) is 0 Å². The van der Waals surface area contributed by atoms with Gasteiger partial charge in [0.2, 0.25) is 0 Å². The van der Waals surface area contributed by atoms with E-state index in [2.05, 4.69) is 5.32 Å². The maximum Gasteiger partial charge on any atom is 0.326 e. The number of urea groups is 1. The third kappa shape index (κ3) is 3.37. The summed E-state index contributed by atoms with van der Waals surface area (Å²) in [5, 5.41) is 20.4. The first kappa shape index (κ1) is 14.1. The quantitative estimate of drug-likeness (QED) is 0.915. The molecule has 0 aliphatic carbocycles. The molecule has 0 unspecified atom stereocenters. The number of hydrogen-bond acceptors (Lipinski definition) is 3. The van der Waals surface area contributed by atoms with Gasteiger partial charge in [-0.25, -0.2) is 4.79 Å². The number of rotatable bonds is 2. The van der Waals surface area contributed by atoms with Crippen LogP contribution in [0.1, 0.15) is 11.1 Å². The largest absolute Gasteiger partial charge is 0.326 e. The molecule has 0 fully saturated rings. The van der Waals surface area contributed by atoms with Crippen molar-refractivity contribution in [2.24, 2.45) is 0 Å². The van der Waals surface area contributed by atoms with E-state index in [-0.39, 0.29) is 6.03 Å². The smallest absolute Gasteiger partial charge is 0.308 e. The molecule has 0 bridgehead atoms. The summed E-state index contributed by atoms with van der Waals surface area (Å²) in [6.45, 7) is 0. The second kappa shape index (κ2) is 6.23. The predicted octanol–water partition coefficient (Wildman–Crippen LogP) is 3.10. The highest BCUT2D eigenvalue weighted by Gasteiger charge is 2.11. The van der Waals surface area contributed by atoms with Crippen LogP contribution >= 0.6 is 0 Å². The molecular formula is C16H12N4O. The van der Waals surface area contributed by atoms with Crippen molar-refractivity contribution in [3.63, 3.8) is 0 Å². The second-order valence-corrected chi connectivity index (χ2v) is 4.34. The topological polar surface area (TPSA) is 79.9 Å². The van der Waals surface area contributed by atoms with Crippen LogP contribution in [0.4, 0.5) is 16.2 Å². The molecule has 0 saturated heterocycles. The molecule has 2 rings (SSSR count). The van der Waals surface area contributed by atoms with E-state index in [1.54, 1.807) is 55.6 Å². The molecule has 0 atom stereocenters. The maximum absolute atomic E-state index is 12.2. The van der Waals surface area contributed by atoms with Crippen molar-refractivity contribution in [2.45, 2.75) is 0 Å². The predicted molar refractivity (Wildman–Crippen MR) is 79.7 cm³/mol. The molecule has 2 aromatic rings. The zero-order valence-electron chi connectivity index (χ0n) is 11.4. The second-order valence-electron chi connectivity index (χ2n) is 4.34. The minimum atomic E-state index is -0.347. The Labute approximate surface area is 122 Å². The van der Waals surface area contributed by atoms with Crippen LogP contribution in [0.2, 0.25) is 0 Å². The van der Waals surface area contributed by atoms with E-state index >= 15 is 0 Å². The minimum Gasteiger partial charge on any atom is -0.308 e. The van der Waals surface area contributed by atoms with Gasteiger partial charge in [-0.15, -0.1) is 0 Å². The number of hydrogen-bond donors (Lipinski definition) is 1. The molecule has 21 heavy (non-hydrogen) atoms. The molecule has 5 heteroatoms. The number of nitrogens with one attached hydrogen (secondary N) is 1. The molecule has 0 aliphatic heterocycles. The normalized spacial score (nSPS) is 9.29. The van der Waals surface area contributed by atoms with Gasteiger partial charge in [0, 0.05) is 18.4 Å². The van der Waals surface area contributed by atoms with Gasteiger partial charge in [0.15, 0.2) is 0 Å². The lowest BCUT2D eigenvalue weighted by Crippen LogP contribution is -2.31. The highest BCUT2D eigenvalue weighted by Crippen LogP contribution is 2.16. The van der Waals surface area contributed by atoms with Crippen molar-refractivity contribution in [2.75, 3.05) is 17.3 Å². The summed E-state index contributed by atoms with van der Waals surface area (Å²) in [5.41, 5.74) is 2.12. The Morgan fingerprint density at radius 2 is 1.67 bits per heavy atom. The van der Waals surface area contributed by atoms with Crippen LogP contribution in [0.25, 0.3) is 0 Å². The fraction of sp³-hybridized carbons (Fsp3) is 0.0625. The van der Waals surface area contributed by atoms with Crippen molar-refractivity contribution in [1.82, 2.24) is 0 Å². The van der Waals surface area contributed by atoms with E-state index in [0.29, 0.717) is 22.5 Å². The Balaban J connectivity index is 2.16. The Bertz CT molecular complexity index is 755. The summed E-state index contributed by atoms with van der Waals surface area (Å²) >= 11 is 0. The Morgan fingerprint density at radius 3 is 2.33 bits per heavy atom. The molecule has 2 amide bonds. The first-order valence-corrected chi connectivity index (χ1v) is 6.19. The van der Waals surface area contributed by atoms with Crippen molar-refractivity contribution in [3.8, 4) is 12.1 Å². The van der Waals surface area contributed by atoms with Gasteiger partial charge in [0.25, 0.3) is 0 Å². The zero-order chi connectivity index (χ0) is 15.2. The molecule has 0 heterocycles. The van der Waals surface area contributed by atoms with Crippen molar-refractivity contribution < 1.29 is 4.79 Å². The first-order chi connectivity index (χ1) is 10.1. The standard InChI is InChI=1S/C16H12N4O/c1-20(15-7-3-5-13(9-15)11-18)16(21)19-14-6-2-4-12(8-14)10-17/h2-9H,1H3,(H,19,21). The lowest BCUT2D eigenvalue weighted by atomic mass is 10.2. The van der Waals surface area contributed by atoms with Gasteiger partial charge < -0.3 is 5.32 Å². The summed E-state index contributed by atoms with van der Waals surface area (Å²) in [5.74, 6) is 0. The number of nitrogens with zero attached hydrogens (tertiary/aromatic N) is 3. The summed E-state index contributed by atoms with van der Waals surface area (Å²) in [7, 11) is 1.61. The Morgan fingerprint density at radius 1 is 1.05 bits per heavy atom. The van der Waals surface area contributed by atoms with Gasteiger partial charge in [0.1, 0.15) is 0 Å². The van der Waals surface area contributed by atoms with Crippen LogP contribution in [0.15, 0.2) is 48.5 Å². The zero-order valence-corrected chi connectivity index (χ0v) is 11.4.